The fourth-order valence-electron chi connectivity index (χ4n) is 0. The van der Waals surface area contributed by atoms with Gasteiger partial charge < -0.3 is 15.3 Å². The van der Waals surface area contributed by atoms with Gasteiger partial charge in [0.2, 0.25) is 0 Å². The molecule has 0 spiro atoms. The summed E-state index contributed by atoms with van der Waals surface area (Å²) in [5, 5.41) is 14.8. The van der Waals surface area contributed by atoms with Gasteiger partial charge >= 0.3 is 51.4 Å². The van der Waals surface area contributed by atoms with Crippen LogP contribution in [0.1, 0.15) is 0 Å². The molecule has 0 aromatic heterocycles. The van der Waals surface area contributed by atoms with Gasteiger partial charge in [-0.2, -0.15) is 0 Å². The molecule has 0 heterocycles. The maximum Gasteiger partial charge on any atom is 1.00 e. The van der Waals surface area contributed by atoms with Crippen molar-refractivity contribution < 1.29 is 56.5 Å². The van der Waals surface area contributed by atoms with Crippen LogP contribution in [-0.4, -0.2) is 13.5 Å². The van der Waals surface area contributed by atoms with Gasteiger partial charge in [0, 0.05) is 0 Å². The quantitative estimate of drug-likeness (QED) is 0.182. The summed E-state index contributed by atoms with van der Waals surface area (Å²) in [6, 6.07) is 0. The molecule has 0 aliphatic carbocycles. The molecule has 0 saturated heterocycles. The van der Waals surface area contributed by atoms with Gasteiger partial charge in [-0.15, -0.1) is 0 Å². The number of hydrogen-bond acceptors (Lipinski definition) is 3. The summed E-state index contributed by atoms with van der Waals surface area (Å²) in [4.78, 5) is 8.25. The van der Waals surface area contributed by atoms with E-state index in [1.807, 2.05) is 0 Å². The second kappa shape index (κ2) is 9.31. The predicted octanol–water partition coefficient (Wildman–Crippen LogP) is -4.42. The fraction of sp³-hybridized carbons (Fsp3) is 0. The topological polar surface area (TPSA) is 66.2 Å². The third-order valence-electron chi connectivity index (χ3n) is 0. The van der Waals surface area contributed by atoms with Crippen LogP contribution < -0.4 is 51.4 Å². The molecule has 0 amide bonds. The molecule has 0 rings (SSSR count). The Morgan fingerprint density at radius 1 is 1.33 bits per heavy atom. The first-order chi connectivity index (χ1) is 1.73. The van der Waals surface area contributed by atoms with Crippen molar-refractivity contribution in [2.45, 2.75) is 0 Å². The minimum Gasteiger partial charge on any atom is -0.356 e. The number of nitrogens with zero attached hydrogens (tertiary/aromatic N) is 1. The predicted molar refractivity (Wildman–Crippen MR) is 20.3 cm³/mol. The Labute approximate surface area is 79.0 Å². The SMILES string of the molecule is B.O=[N+]([O-])[O-].[K+]. The van der Waals surface area contributed by atoms with Crippen LogP contribution in [0.5, 0.6) is 0 Å². The summed E-state index contributed by atoms with van der Waals surface area (Å²) >= 11 is 0. The molecule has 0 atom stereocenters. The van der Waals surface area contributed by atoms with Gasteiger partial charge in [-0.3, -0.25) is 0 Å². The molecule has 0 fully saturated rings. The largest absolute Gasteiger partial charge is 1.00 e. The van der Waals surface area contributed by atoms with Crippen molar-refractivity contribution in [2.24, 2.45) is 0 Å². The zero-order valence-electron chi connectivity index (χ0n) is 2.67. The molecule has 0 aromatic carbocycles. The molecule has 0 aromatic rings. The van der Waals surface area contributed by atoms with Gasteiger partial charge in [0.1, 0.15) is 0 Å². The Morgan fingerprint density at radius 2 is 1.33 bits per heavy atom. The van der Waals surface area contributed by atoms with E-state index < -0.39 is 5.09 Å². The molecule has 4 nitrogen and oxygen atoms in total. The summed E-state index contributed by atoms with van der Waals surface area (Å²) in [6.45, 7) is 0. The summed E-state index contributed by atoms with van der Waals surface area (Å²) in [6.07, 6.45) is 0. The maximum absolute atomic E-state index is 8.25. The zero-order valence-corrected chi connectivity index (χ0v) is 5.80. The Hall–Kier alpha value is 0.901. The van der Waals surface area contributed by atoms with E-state index in [1.165, 1.54) is 0 Å². The molecule has 0 radical (unpaired) electrons. The average molecular weight is 115 g/mol. The van der Waals surface area contributed by atoms with Crippen LogP contribution in [0.3, 0.4) is 0 Å². The molecule has 6 heteroatoms. The van der Waals surface area contributed by atoms with Gasteiger partial charge in [0.15, 0.2) is 0 Å². The molecule has 0 unspecified atom stereocenters. The van der Waals surface area contributed by atoms with E-state index >= 15 is 0 Å². The Kier molecular flexibility index (Phi) is 24.5. The van der Waals surface area contributed by atoms with E-state index in [9.17, 15) is 0 Å². The van der Waals surface area contributed by atoms with E-state index in [4.69, 9.17) is 15.3 Å². The molecule has 0 bridgehead atoms. The van der Waals surface area contributed by atoms with Crippen molar-refractivity contribution in [3.05, 3.63) is 15.3 Å². The first-order valence-corrected chi connectivity index (χ1v) is 0.548. The van der Waals surface area contributed by atoms with Crippen LogP contribution in [0.25, 0.3) is 0 Å². The van der Waals surface area contributed by atoms with Gasteiger partial charge in [-0.05, 0) is 0 Å². The Morgan fingerprint density at radius 3 is 1.33 bits per heavy atom. The van der Waals surface area contributed by atoms with Crippen LogP contribution in [0.15, 0.2) is 0 Å². The molecule has 0 aliphatic heterocycles. The Bertz CT molecular complexity index is 33.8. The van der Waals surface area contributed by atoms with Crippen molar-refractivity contribution in [3.8, 4) is 0 Å². The van der Waals surface area contributed by atoms with Gasteiger partial charge in [0.25, 0.3) is 0 Å². The molecule has 0 N–H and O–H groups in total. The standard InChI is InChI=1S/BH3.K.NO3/c;;2-1(3)4/h1H3;;/q;+1;-1. The van der Waals surface area contributed by atoms with E-state index in [2.05, 4.69) is 0 Å². The molecule has 0 aliphatic rings. The number of hydrogen-bond donors (Lipinski definition) is 0. The van der Waals surface area contributed by atoms with Crippen LogP contribution in [0.4, 0.5) is 0 Å². The number of rotatable bonds is 0. The van der Waals surface area contributed by atoms with Gasteiger partial charge in [0.05, 0.1) is 13.5 Å². The maximum atomic E-state index is 8.25. The minimum absolute atomic E-state index is 0. The first kappa shape index (κ1) is 15.8. The first-order valence-electron chi connectivity index (χ1n) is 0.548. The molecule has 0 saturated carbocycles. The molecular weight excluding hydrogens is 112 g/mol. The monoisotopic (exact) mass is 115 g/mol. The minimum atomic E-state index is -1.75. The van der Waals surface area contributed by atoms with E-state index in [1.54, 1.807) is 0 Å². The van der Waals surface area contributed by atoms with Crippen LogP contribution in [0, 0.1) is 15.3 Å². The van der Waals surface area contributed by atoms with Crippen LogP contribution in [0.2, 0.25) is 0 Å². The molecule has 6 heavy (non-hydrogen) atoms. The van der Waals surface area contributed by atoms with Crippen molar-refractivity contribution >= 4 is 8.41 Å². The van der Waals surface area contributed by atoms with Gasteiger partial charge in [-0.1, -0.05) is 0 Å². The fourth-order valence-corrected chi connectivity index (χ4v) is 0. The summed E-state index contributed by atoms with van der Waals surface area (Å²) < 4.78 is 0. The summed E-state index contributed by atoms with van der Waals surface area (Å²) in [5.74, 6) is 0. The normalized spacial score (nSPS) is 4.00. The van der Waals surface area contributed by atoms with E-state index in [0.717, 1.165) is 0 Å². The van der Waals surface area contributed by atoms with Crippen molar-refractivity contribution in [3.63, 3.8) is 0 Å². The molecular formula is H3BKNO3. The Balaban J connectivity index is -0.0000000450. The van der Waals surface area contributed by atoms with Gasteiger partial charge in [-0.25, -0.2) is 0 Å². The average Bonchev–Trinajstić information content (AvgIpc) is 0.811. The van der Waals surface area contributed by atoms with E-state index in [-0.39, 0.29) is 59.8 Å². The van der Waals surface area contributed by atoms with Crippen molar-refractivity contribution in [1.29, 1.82) is 0 Å². The van der Waals surface area contributed by atoms with Crippen LogP contribution in [-0.2, 0) is 0 Å². The van der Waals surface area contributed by atoms with Crippen molar-refractivity contribution in [1.82, 2.24) is 0 Å². The van der Waals surface area contributed by atoms with Crippen molar-refractivity contribution in [2.75, 3.05) is 0 Å². The smallest absolute Gasteiger partial charge is 0.356 e. The molecule has 30 valence electrons. The second-order valence-corrected chi connectivity index (χ2v) is 0.224. The summed E-state index contributed by atoms with van der Waals surface area (Å²) in [7, 11) is 0. The zero-order chi connectivity index (χ0) is 3.58. The van der Waals surface area contributed by atoms with Crippen LogP contribution >= 0.6 is 0 Å². The third-order valence-corrected chi connectivity index (χ3v) is 0. The second-order valence-electron chi connectivity index (χ2n) is 0.224. The van der Waals surface area contributed by atoms with E-state index in [0.29, 0.717) is 0 Å². The summed E-state index contributed by atoms with van der Waals surface area (Å²) in [5.41, 5.74) is 0. The third kappa shape index (κ3) is 91.8.